The molecule has 2 aromatic rings. The fraction of sp³-hybridized carbons (Fsp3) is 0.350. The fourth-order valence-corrected chi connectivity index (χ4v) is 4.16. The van der Waals surface area contributed by atoms with Crippen LogP contribution in [0.25, 0.3) is 0 Å². The third kappa shape index (κ3) is 5.53. The van der Waals surface area contributed by atoms with Crippen LogP contribution in [-0.2, 0) is 21.4 Å². The minimum Gasteiger partial charge on any atom is -0.325 e. The summed E-state index contributed by atoms with van der Waals surface area (Å²) in [6.07, 6.45) is 3.40. The molecule has 0 spiro atoms. The Hall–Kier alpha value is -2.45. The smallest absolute Gasteiger partial charge is 0.245 e. The molecule has 1 amide bonds. The van der Waals surface area contributed by atoms with Crippen LogP contribution in [-0.4, -0.2) is 45.1 Å². The Labute approximate surface area is 165 Å². The van der Waals surface area contributed by atoms with Crippen LogP contribution in [0.5, 0.6) is 0 Å². The van der Waals surface area contributed by atoms with Crippen molar-refractivity contribution in [2.75, 3.05) is 35.5 Å². The Kier molecular flexibility index (Phi) is 6.31. The van der Waals surface area contributed by atoms with Crippen molar-refractivity contribution in [3.05, 3.63) is 59.9 Å². The molecule has 0 unspecified atom stereocenters. The van der Waals surface area contributed by atoms with E-state index in [9.17, 15) is 17.6 Å². The van der Waals surface area contributed by atoms with Crippen LogP contribution < -0.4 is 9.62 Å². The van der Waals surface area contributed by atoms with E-state index in [4.69, 9.17) is 0 Å². The molecule has 0 radical (unpaired) electrons. The van der Waals surface area contributed by atoms with Crippen molar-refractivity contribution in [2.24, 2.45) is 0 Å². The second-order valence-corrected chi connectivity index (χ2v) is 8.89. The largest absolute Gasteiger partial charge is 0.325 e. The van der Waals surface area contributed by atoms with Crippen molar-refractivity contribution in [1.82, 2.24) is 4.90 Å². The van der Waals surface area contributed by atoms with Crippen molar-refractivity contribution in [1.29, 1.82) is 0 Å². The molecule has 1 aliphatic heterocycles. The number of hydrogen-bond acceptors (Lipinski definition) is 4. The van der Waals surface area contributed by atoms with Gasteiger partial charge in [0.1, 0.15) is 12.4 Å². The minimum absolute atomic E-state index is 0.112. The minimum atomic E-state index is -3.75. The van der Waals surface area contributed by atoms with Gasteiger partial charge in [0.2, 0.25) is 15.9 Å². The zero-order valence-electron chi connectivity index (χ0n) is 15.8. The zero-order valence-corrected chi connectivity index (χ0v) is 16.6. The van der Waals surface area contributed by atoms with E-state index in [0.29, 0.717) is 5.69 Å². The first-order valence-corrected chi connectivity index (χ1v) is 11.0. The molecule has 8 heteroatoms. The first kappa shape index (κ1) is 20.3. The van der Waals surface area contributed by atoms with Crippen molar-refractivity contribution < 1.29 is 17.6 Å². The normalized spacial score (nSPS) is 14.8. The Bertz CT molecular complexity index is 943. The first-order chi connectivity index (χ1) is 13.3. The van der Waals surface area contributed by atoms with Crippen LogP contribution in [0.1, 0.15) is 18.4 Å². The molecule has 1 N–H and O–H groups in total. The number of anilines is 2. The maximum atomic E-state index is 13.5. The third-order valence-corrected chi connectivity index (χ3v) is 5.74. The topological polar surface area (TPSA) is 69.7 Å². The van der Waals surface area contributed by atoms with E-state index >= 15 is 0 Å². The summed E-state index contributed by atoms with van der Waals surface area (Å²) in [4.78, 5) is 14.8. The molecule has 6 nitrogen and oxygen atoms in total. The van der Waals surface area contributed by atoms with E-state index in [1.807, 2.05) is 18.2 Å². The van der Waals surface area contributed by atoms with Crippen molar-refractivity contribution >= 4 is 27.3 Å². The number of likely N-dealkylation sites (tertiary alicyclic amines) is 1. The van der Waals surface area contributed by atoms with Gasteiger partial charge in [-0.1, -0.05) is 18.2 Å². The summed E-state index contributed by atoms with van der Waals surface area (Å²) in [5, 5.41) is 2.74. The second kappa shape index (κ2) is 8.70. The number of sulfonamides is 1. The van der Waals surface area contributed by atoms with Gasteiger partial charge in [0.25, 0.3) is 0 Å². The molecular weight excluding hydrogens is 381 g/mol. The van der Waals surface area contributed by atoms with E-state index in [1.54, 1.807) is 6.07 Å². The van der Waals surface area contributed by atoms with Crippen LogP contribution in [0.2, 0.25) is 0 Å². The number of benzene rings is 2. The quantitative estimate of drug-likeness (QED) is 0.769. The molecule has 28 heavy (non-hydrogen) atoms. The number of nitrogens with zero attached hydrogens (tertiary/aromatic N) is 2. The molecule has 0 bridgehead atoms. The Balaban J connectivity index is 1.69. The maximum Gasteiger partial charge on any atom is 0.245 e. The molecule has 2 aromatic carbocycles. The molecule has 1 fully saturated rings. The lowest BCUT2D eigenvalue weighted by Crippen LogP contribution is -2.37. The number of rotatable bonds is 7. The van der Waals surface area contributed by atoms with Crippen molar-refractivity contribution in [3.8, 4) is 0 Å². The van der Waals surface area contributed by atoms with Gasteiger partial charge in [0.15, 0.2) is 0 Å². The Morgan fingerprint density at radius 1 is 1.14 bits per heavy atom. The average molecular weight is 405 g/mol. The van der Waals surface area contributed by atoms with Gasteiger partial charge in [-0.2, -0.15) is 0 Å². The van der Waals surface area contributed by atoms with Gasteiger partial charge < -0.3 is 5.32 Å². The van der Waals surface area contributed by atoms with E-state index < -0.39 is 28.3 Å². The standard InChI is InChI=1S/C20H24FN3O3S/c1-28(26,27)24(19-9-5-7-17(21)13-19)15-20(25)22-18-8-4-6-16(12-18)14-23-10-2-3-11-23/h4-9,12-13H,2-3,10-11,14-15H2,1H3,(H,22,25). The van der Waals surface area contributed by atoms with E-state index in [2.05, 4.69) is 10.2 Å². The van der Waals surface area contributed by atoms with E-state index in [1.165, 1.54) is 31.0 Å². The van der Waals surface area contributed by atoms with Crippen molar-refractivity contribution in [3.63, 3.8) is 0 Å². The van der Waals surface area contributed by atoms with Crippen LogP contribution >= 0.6 is 0 Å². The SMILES string of the molecule is CS(=O)(=O)N(CC(=O)Nc1cccc(CN2CCCC2)c1)c1cccc(F)c1. The summed E-state index contributed by atoms with van der Waals surface area (Å²) in [6, 6.07) is 12.7. The maximum absolute atomic E-state index is 13.5. The van der Waals surface area contributed by atoms with Crippen LogP contribution in [0.3, 0.4) is 0 Å². The summed E-state index contributed by atoms with van der Waals surface area (Å²) < 4.78 is 38.6. The van der Waals surface area contributed by atoms with Gasteiger partial charge in [0.05, 0.1) is 11.9 Å². The predicted molar refractivity (Wildman–Crippen MR) is 108 cm³/mol. The Morgan fingerprint density at radius 3 is 2.54 bits per heavy atom. The number of carbonyl (C=O) groups is 1. The van der Waals surface area contributed by atoms with Gasteiger partial charge >= 0.3 is 0 Å². The van der Waals surface area contributed by atoms with Crippen molar-refractivity contribution in [2.45, 2.75) is 19.4 Å². The summed E-state index contributed by atoms with van der Waals surface area (Å²) in [5.74, 6) is -1.06. The highest BCUT2D eigenvalue weighted by Gasteiger charge is 2.21. The number of carbonyl (C=O) groups excluding carboxylic acids is 1. The lowest BCUT2D eigenvalue weighted by atomic mass is 10.2. The van der Waals surface area contributed by atoms with Gasteiger partial charge in [-0.25, -0.2) is 12.8 Å². The molecular formula is C20H24FN3O3S. The van der Waals surface area contributed by atoms with Gasteiger partial charge in [-0.15, -0.1) is 0 Å². The predicted octanol–water partition coefficient (Wildman–Crippen LogP) is 2.83. The molecule has 1 saturated heterocycles. The summed E-state index contributed by atoms with van der Waals surface area (Å²) in [5.41, 5.74) is 1.81. The number of halogens is 1. The lowest BCUT2D eigenvalue weighted by molar-refractivity contribution is -0.114. The number of nitrogens with one attached hydrogen (secondary N) is 1. The van der Waals surface area contributed by atoms with E-state index in [-0.39, 0.29) is 5.69 Å². The van der Waals surface area contributed by atoms with E-state index in [0.717, 1.165) is 41.8 Å². The Morgan fingerprint density at radius 2 is 1.86 bits per heavy atom. The molecule has 0 aliphatic carbocycles. The second-order valence-electron chi connectivity index (χ2n) is 6.98. The third-order valence-electron chi connectivity index (χ3n) is 4.60. The summed E-state index contributed by atoms with van der Waals surface area (Å²) >= 11 is 0. The first-order valence-electron chi connectivity index (χ1n) is 9.16. The zero-order chi connectivity index (χ0) is 20.1. The van der Waals surface area contributed by atoms with Gasteiger partial charge in [0, 0.05) is 12.2 Å². The molecule has 1 aliphatic rings. The van der Waals surface area contributed by atoms with Gasteiger partial charge in [-0.3, -0.25) is 14.0 Å². The molecule has 1 heterocycles. The van der Waals surface area contributed by atoms with Crippen LogP contribution in [0.15, 0.2) is 48.5 Å². The highest BCUT2D eigenvalue weighted by Crippen LogP contribution is 2.20. The number of hydrogen-bond donors (Lipinski definition) is 1. The van der Waals surface area contributed by atoms with Crippen LogP contribution in [0, 0.1) is 5.82 Å². The average Bonchev–Trinajstić information content (AvgIpc) is 3.12. The highest BCUT2D eigenvalue weighted by molar-refractivity contribution is 7.92. The fourth-order valence-electron chi connectivity index (χ4n) is 3.31. The molecule has 0 saturated carbocycles. The van der Waals surface area contributed by atoms with Gasteiger partial charge in [-0.05, 0) is 61.8 Å². The summed E-state index contributed by atoms with van der Waals surface area (Å²) in [6.45, 7) is 2.54. The molecule has 0 aromatic heterocycles. The monoisotopic (exact) mass is 405 g/mol. The summed E-state index contributed by atoms with van der Waals surface area (Å²) in [7, 11) is -3.75. The van der Waals surface area contributed by atoms with Crippen LogP contribution in [0.4, 0.5) is 15.8 Å². The molecule has 3 rings (SSSR count). The number of amides is 1. The molecule has 0 atom stereocenters. The lowest BCUT2D eigenvalue weighted by Gasteiger charge is -2.22. The highest BCUT2D eigenvalue weighted by atomic mass is 32.2. The molecule has 150 valence electrons.